The van der Waals surface area contributed by atoms with E-state index in [1.54, 1.807) is 0 Å². The zero-order valence-corrected chi connectivity index (χ0v) is 15.5. The normalized spacial score (nSPS) is 17.0. The quantitative estimate of drug-likeness (QED) is 0.691. The van der Waals surface area contributed by atoms with Crippen LogP contribution in [0.1, 0.15) is 27.7 Å². The number of nitrogens with zero attached hydrogens (tertiary/aromatic N) is 2. The Bertz CT molecular complexity index is 402. The smallest absolute Gasteiger partial charge is 0.0407 e. The van der Waals surface area contributed by atoms with E-state index in [9.17, 15) is 0 Å². The van der Waals surface area contributed by atoms with Crippen molar-refractivity contribution in [1.82, 2.24) is 15.1 Å². The summed E-state index contributed by atoms with van der Waals surface area (Å²) in [6.07, 6.45) is 7.07. The van der Waals surface area contributed by atoms with E-state index < -0.39 is 0 Å². The van der Waals surface area contributed by atoms with E-state index >= 15 is 0 Å². The van der Waals surface area contributed by atoms with Crippen LogP contribution in [0.5, 0.6) is 0 Å². The molecule has 1 aliphatic rings. The third-order valence-corrected chi connectivity index (χ3v) is 6.14. The van der Waals surface area contributed by atoms with E-state index in [4.69, 9.17) is 0 Å². The lowest BCUT2D eigenvalue weighted by Crippen LogP contribution is -2.32. The number of rotatable bonds is 8. The number of allylic oxidation sites excluding steroid dienone is 2. The standard InChI is InChI=1S/C17H32N3P/c1-7-20(8-2)13-15-11-17(19(5)6)12-16(18-15)14-21(9-3)10-4/h11-12,14,18H,7-10,13H2,1-6H3/b16-14+. The fourth-order valence-electron chi connectivity index (χ4n) is 2.34. The van der Waals surface area contributed by atoms with Gasteiger partial charge in [0.1, 0.15) is 0 Å². The highest BCUT2D eigenvalue weighted by atomic mass is 31.1. The van der Waals surface area contributed by atoms with Gasteiger partial charge in [-0.1, -0.05) is 35.6 Å². The van der Waals surface area contributed by atoms with Crippen molar-refractivity contribution in [2.75, 3.05) is 46.1 Å². The number of hydrogen-bond acceptors (Lipinski definition) is 3. The van der Waals surface area contributed by atoms with Crippen molar-refractivity contribution in [3.05, 3.63) is 35.1 Å². The topological polar surface area (TPSA) is 18.5 Å². The Labute approximate surface area is 132 Å². The molecule has 0 amide bonds. The Morgan fingerprint density at radius 2 is 1.67 bits per heavy atom. The Balaban J connectivity index is 2.94. The Hall–Kier alpha value is -0.790. The maximum Gasteiger partial charge on any atom is 0.0407 e. The molecule has 3 nitrogen and oxygen atoms in total. The molecule has 21 heavy (non-hydrogen) atoms. The molecule has 0 unspecified atom stereocenters. The van der Waals surface area contributed by atoms with Crippen LogP contribution in [0.25, 0.3) is 0 Å². The van der Waals surface area contributed by atoms with Gasteiger partial charge in [-0.25, -0.2) is 0 Å². The molecule has 1 heterocycles. The second-order valence-corrected chi connectivity index (χ2v) is 8.23. The first kappa shape index (κ1) is 18.3. The Kier molecular flexibility index (Phi) is 8.06. The van der Waals surface area contributed by atoms with Gasteiger partial charge < -0.3 is 10.2 Å². The van der Waals surface area contributed by atoms with Crippen LogP contribution in [-0.2, 0) is 0 Å². The van der Waals surface area contributed by atoms with Crippen molar-refractivity contribution in [3.8, 4) is 0 Å². The molecule has 0 atom stereocenters. The summed E-state index contributed by atoms with van der Waals surface area (Å²) in [5, 5.41) is 3.63. The van der Waals surface area contributed by atoms with E-state index in [0.717, 1.165) is 19.6 Å². The van der Waals surface area contributed by atoms with Crippen LogP contribution in [-0.4, -0.2) is 55.9 Å². The summed E-state index contributed by atoms with van der Waals surface area (Å²) in [6.45, 7) is 12.2. The van der Waals surface area contributed by atoms with Crippen LogP contribution >= 0.6 is 7.92 Å². The summed E-state index contributed by atoms with van der Waals surface area (Å²) in [4.78, 5) is 4.63. The van der Waals surface area contributed by atoms with Crippen LogP contribution in [0, 0.1) is 0 Å². The van der Waals surface area contributed by atoms with Crippen LogP contribution in [0.3, 0.4) is 0 Å². The predicted octanol–water partition coefficient (Wildman–Crippen LogP) is 3.62. The van der Waals surface area contributed by atoms with Gasteiger partial charge in [-0.2, -0.15) is 0 Å². The molecular formula is C17H32N3P. The first-order chi connectivity index (χ1) is 10.0. The van der Waals surface area contributed by atoms with Crippen molar-refractivity contribution in [2.24, 2.45) is 0 Å². The van der Waals surface area contributed by atoms with Crippen LogP contribution in [0.2, 0.25) is 0 Å². The minimum atomic E-state index is 0.00749. The molecule has 1 rings (SSSR count). The molecule has 0 aromatic carbocycles. The molecule has 0 spiro atoms. The van der Waals surface area contributed by atoms with Crippen molar-refractivity contribution >= 4 is 7.92 Å². The van der Waals surface area contributed by atoms with E-state index in [-0.39, 0.29) is 7.92 Å². The van der Waals surface area contributed by atoms with Crippen molar-refractivity contribution in [2.45, 2.75) is 27.7 Å². The minimum absolute atomic E-state index is 0.00749. The van der Waals surface area contributed by atoms with Crippen molar-refractivity contribution in [3.63, 3.8) is 0 Å². The highest BCUT2D eigenvalue weighted by Crippen LogP contribution is 2.37. The molecule has 0 aliphatic carbocycles. The second kappa shape index (κ2) is 9.27. The zero-order chi connectivity index (χ0) is 15.8. The monoisotopic (exact) mass is 309 g/mol. The van der Waals surface area contributed by atoms with Gasteiger partial charge in [0.25, 0.3) is 0 Å². The molecule has 1 aliphatic heterocycles. The summed E-state index contributed by atoms with van der Waals surface area (Å²) >= 11 is 0. The lowest BCUT2D eigenvalue weighted by Gasteiger charge is -2.27. The van der Waals surface area contributed by atoms with Gasteiger partial charge in [-0.3, -0.25) is 4.90 Å². The van der Waals surface area contributed by atoms with Gasteiger partial charge in [0, 0.05) is 37.7 Å². The van der Waals surface area contributed by atoms with Gasteiger partial charge in [0.05, 0.1) is 0 Å². The molecule has 0 saturated carbocycles. The number of nitrogens with one attached hydrogen (secondary N) is 1. The third kappa shape index (κ3) is 5.84. The molecule has 0 aromatic heterocycles. The largest absolute Gasteiger partial charge is 0.378 e. The fraction of sp³-hybridized carbons (Fsp3) is 0.647. The van der Waals surface area contributed by atoms with Gasteiger partial charge >= 0.3 is 0 Å². The van der Waals surface area contributed by atoms with E-state index in [0.29, 0.717) is 0 Å². The maximum atomic E-state index is 3.63. The molecule has 0 fully saturated rings. The zero-order valence-electron chi connectivity index (χ0n) is 14.6. The molecule has 120 valence electrons. The average Bonchev–Trinajstić information content (AvgIpc) is 2.49. The summed E-state index contributed by atoms with van der Waals surface area (Å²) in [5.41, 5.74) is 3.86. The summed E-state index contributed by atoms with van der Waals surface area (Å²) < 4.78 is 0. The number of dihydropyridines is 1. The second-order valence-electron chi connectivity index (χ2n) is 5.53. The molecular weight excluding hydrogens is 277 g/mol. The first-order valence-electron chi connectivity index (χ1n) is 8.08. The van der Waals surface area contributed by atoms with Gasteiger partial charge in [-0.05, 0) is 43.4 Å². The van der Waals surface area contributed by atoms with E-state index in [2.05, 4.69) is 74.9 Å². The summed E-state index contributed by atoms with van der Waals surface area (Å²) in [7, 11) is 4.24. The summed E-state index contributed by atoms with van der Waals surface area (Å²) in [5.74, 6) is 2.45. The van der Waals surface area contributed by atoms with Crippen LogP contribution < -0.4 is 5.32 Å². The number of likely N-dealkylation sites (N-methyl/N-ethyl adjacent to an activating group) is 2. The molecule has 0 bridgehead atoms. The van der Waals surface area contributed by atoms with Gasteiger partial charge in [0.15, 0.2) is 0 Å². The Morgan fingerprint density at radius 1 is 1.05 bits per heavy atom. The Morgan fingerprint density at radius 3 is 2.14 bits per heavy atom. The van der Waals surface area contributed by atoms with Crippen LogP contribution in [0.15, 0.2) is 35.1 Å². The lowest BCUT2D eigenvalue weighted by molar-refractivity contribution is 0.324. The minimum Gasteiger partial charge on any atom is -0.378 e. The fourth-order valence-corrected chi connectivity index (χ4v) is 3.69. The first-order valence-corrected chi connectivity index (χ1v) is 9.86. The SMILES string of the molecule is CCN(CC)CC1=CC(N(C)C)=C/C(=C\P(CC)CC)N1. The highest BCUT2D eigenvalue weighted by Gasteiger charge is 2.13. The van der Waals surface area contributed by atoms with Crippen molar-refractivity contribution < 1.29 is 0 Å². The van der Waals surface area contributed by atoms with Crippen LogP contribution in [0.4, 0.5) is 0 Å². The lowest BCUT2D eigenvalue weighted by atomic mass is 10.2. The molecule has 0 saturated heterocycles. The predicted molar refractivity (Wildman–Crippen MR) is 96.9 cm³/mol. The maximum absolute atomic E-state index is 3.63. The van der Waals surface area contributed by atoms with E-state index in [1.807, 2.05) is 0 Å². The van der Waals surface area contributed by atoms with Gasteiger partial charge in [-0.15, -0.1) is 0 Å². The number of hydrogen-bond donors (Lipinski definition) is 1. The third-order valence-electron chi connectivity index (χ3n) is 3.87. The average molecular weight is 309 g/mol. The molecule has 4 heteroatoms. The van der Waals surface area contributed by atoms with Crippen molar-refractivity contribution in [1.29, 1.82) is 0 Å². The highest BCUT2D eigenvalue weighted by molar-refractivity contribution is 7.60. The van der Waals surface area contributed by atoms with E-state index in [1.165, 1.54) is 29.4 Å². The summed E-state index contributed by atoms with van der Waals surface area (Å²) in [6, 6.07) is 0. The van der Waals surface area contributed by atoms with Gasteiger partial charge in [0.2, 0.25) is 0 Å². The molecule has 0 aromatic rings. The molecule has 1 N–H and O–H groups in total. The molecule has 0 radical (unpaired) electrons.